The lowest BCUT2D eigenvalue weighted by molar-refractivity contribution is -0.520. The minimum atomic E-state index is 1.12. The van der Waals surface area contributed by atoms with Crippen LogP contribution in [0.4, 0.5) is 0 Å². The van der Waals surface area contributed by atoms with Crippen LogP contribution < -0.4 is 4.40 Å². The van der Waals surface area contributed by atoms with Crippen LogP contribution in [-0.2, 0) is 7.05 Å². The Morgan fingerprint density at radius 2 is 2.27 bits per heavy atom. The highest BCUT2D eigenvalue weighted by Gasteiger charge is 2.06. The number of rotatable bonds is 0. The molecule has 0 fully saturated rings. The van der Waals surface area contributed by atoms with Crippen LogP contribution in [0.3, 0.4) is 0 Å². The molecular formula is C8H10N3+. The Morgan fingerprint density at radius 3 is 3.00 bits per heavy atom. The van der Waals surface area contributed by atoms with Crippen molar-refractivity contribution in [1.29, 1.82) is 0 Å². The number of hydrogen-bond donors (Lipinski definition) is 0. The molecule has 0 saturated heterocycles. The zero-order chi connectivity index (χ0) is 7.84. The molecule has 2 aromatic rings. The molecule has 0 aliphatic rings. The lowest BCUT2D eigenvalue weighted by atomic mass is 10.4. The van der Waals surface area contributed by atoms with Gasteiger partial charge in [0, 0.05) is 11.2 Å². The van der Waals surface area contributed by atoms with E-state index in [1.165, 1.54) is 5.69 Å². The van der Waals surface area contributed by atoms with Crippen LogP contribution in [-0.4, -0.2) is 9.78 Å². The Hall–Kier alpha value is -1.38. The molecule has 3 nitrogen and oxygen atoms in total. The molecule has 0 aromatic carbocycles. The van der Waals surface area contributed by atoms with Gasteiger partial charge in [0.2, 0.25) is 0 Å². The zero-order valence-electron chi connectivity index (χ0n) is 6.65. The normalized spacial score (nSPS) is 10.7. The van der Waals surface area contributed by atoms with Crippen molar-refractivity contribution >= 4 is 5.65 Å². The molecule has 0 amide bonds. The molecule has 2 heterocycles. The van der Waals surface area contributed by atoms with E-state index >= 15 is 0 Å². The summed E-state index contributed by atoms with van der Waals surface area (Å²) in [5.41, 5.74) is 2.32. The molecule has 0 bridgehead atoms. The summed E-state index contributed by atoms with van der Waals surface area (Å²) in [7, 11) is 1.94. The van der Waals surface area contributed by atoms with Gasteiger partial charge in [0.25, 0.3) is 12.0 Å². The van der Waals surface area contributed by atoms with E-state index in [1.807, 2.05) is 30.2 Å². The second-order valence-electron chi connectivity index (χ2n) is 2.65. The van der Waals surface area contributed by atoms with Crippen LogP contribution in [0.15, 0.2) is 24.5 Å². The Balaban J connectivity index is 2.94. The standard InChI is InChI=1S/C8H10N3/c1-7-4-3-5-8-10(2)9-6-11(7)8/h3-6H,1-2H3/q+1. The Kier molecular flexibility index (Phi) is 1.18. The highest BCUT2D eigenvalue weighted by molar-refractivity contribution is 5.28. The molecule has 0 radical (unpaired) electrons. The highest BCUT2D eigenvalue weighted by atomic mass is 15.3. The molecule has 0 N–H and O–H groups in total. The van der Waals surface area contributed by atoms with Gasteiger partial charge < -0.3 is 0 Å². The SMILES string of the molecule is Cc1cccc2n(C)nc[n+]12. The van der Waals surface area contributed by atoms with Crippen molar-refractivity contribution in [3.05, 3.63) is 30.2 Å². The second-order valence-corrected chi connectivity index (χ2v) is 2.65. The molecule has 0 aliphatic carbocycles. The molecule has 0 atom stereocenters. The molecule has 0 spiro atoms. The van der Waals surface area contributed by atoms with Crippen molar-refractivity contribution in [2.45, 2.75) is 6.92 Å². The topological polar surface area (TPSA) is 21.9 Å². The smallest absolute Gasteiger partial charge is 0.201 e. The van der Waals surface area contributed by atoms with Gasteiger partial charge in [-0.2, -0.15) is 0 Å². The lowest BCUT2D eigenvalue weighted by Gasteiger charge is -1.90. The van der Waals surface area contributed by atoms with Crippen molar-refractivity contribution in [2.75, 3.05) is 0 Å². The third-order valence-corrected chi connectivity index (χ3v) is 1.88. The van der Waals surface area contributed by atoms with E-state index in [2.05, 4.69) is 22.5 Å². The molecular weight excluding hydrogens is 138 g/mol. The van der Waals surface area contributed by atoms with Crippen molar-refractivity contribution in [2.24, 2.45) is 7.05 Å². The zero-order valence-corrected chi connectivity index (χ0v) is 6.65. The first-order chi connectivity index (χ1) is 5.29. The number of pyridine rings is 1. The van der Waals surface area contributed by atoms with Crippen LogP contribution in [0.2, 0.25) is 0 Å². The molecule has 2 rings (SSSR count). The fourth-order valence-corrected chi connectivity index (χ4v) is 1.22. The number of aryl methyl sites for hydroxylation is 2. The molecule has 56 valence electrons. The van der Waals surface area contributed by atoms with Gasteiger partial charge in [-0.25, -0.2) is 4.40 Å². The summed E-state index contributed by atoms with van der Waals surface area (Å²) in [4.78, 5) is 0. The molecule has 2 aromatic heterocycles. The quantitative estimate of drug-likeness (QED) is 0.498. The van der Waals surface area contributed by atoms with E-state index in [-0.39, 0.29) is 0 Å². The fourth-order valence-electron chi connectivity index (χ4n) is 1.22. The van der Waals surface area contributed by atoms with Crippen molar-refractivity contribution in [1.82, 2.24) is 9.78 Å². The van der Waals surface area contributed by atoms with Gasteiger partial charge in [0.15, 0.2) is 0 Å². The first kappa shape index (κ1) is 6.34. The van der Waals surface area contributed by atoms with Gasteiger partial charge in [0.05, 0.1) is 12.7 Å². The summed E-state index contributed by atoms with van der Waals surface area (Å²) in [6.07, 6.45) is 1.82. The number of nitrogens with zero attached hydrogens (tertiary/aromatic N) is 3. The van der Waals surface area contributed by atoms with Crippen LogP contribution >= 0.6 is 0 Å². The predicted octanol–water partition coefficient (Wildman–Crippen LogP) is 0.467. The van der Waals surface area contributed by atoms with Gasteiger partial charge in [-0.05, 0) is 13.0 Å². The summed E-state index contributed by atoms with van der Waals surface area (Å²) >= 11 is 0. The van der Waals surface area contributed by atoms with E-state index in [1.54, 1.807) is 0 Å². The summed E-state index contributed by atoms with van der Waals surface area (Å²) in [5, 5.41) is 4.14. The minimum Gasteiger partial charge on any atom is -0.201 e. The molecule has 11 heavy (non-hydrogen) atoms. The van der Waals surface area contributed by atoms with E-state index in [0.717, 1.165) is 5.65 Å². The van der Waals surface area contributed by atoms with Gasteiger partial charge in [-0.1, -0.05) is 6.07 Å². The van der Waals surface area contributed by atoms with E-state index < -0.39 is 0 Å². The maximum Gasteiger partial charge on any atom is 0.270 e. The maximum absolute atomic E-state index is 4.14. The van der Waals surface area contributed by atoms with Crippen LogP contribution in [0.1, 0.15) is 5.69 Å². The second kappa shape index (κ2) is 2.05. The van der Waals surface area contributed by atoms with Crippen LogP contribution in [0.5, 0.6) is 0 Å². The van der Waals surface area contributed by atoms with Gasteiger partial charge in [-0.15, -0.1) is 4.68 Å². The van der Waals surface area contributed by atoms with Gasteiger partial charge in [0.1, 0.15) is 0 Å². The summed E-state index contributed by atoms with van der Waals surface area (Å²) in [6.45, 7) is 2.06. The van der Waals surface area contributed by atoms with Crippen LogP contribution in [0, 0.1) is 6.92 Å². The predicted molar refractivity (Wildman–Crippen MR) is 41.1 cm³/mol. The monoisotopic (exact) mass is 148 g/mol. The maximum atomic E-state index is 4.14. The Labute approximate surface area is 64.9 Å². The molecule has 0 saturated carbocycles. The summed E-state index contributed by atoms with van der Waals surface area (Å²) < 4.78 is 3.91. The van der Waals surface area contributed by atoms with E-state index in [0.29, 0.717) is 0 Å². The molecule has 0 aliphatic heterocycles. The Bertz CT molecular complexity index is 389. The number of fused-ring (bicyclic) bond motifs is 1. The average molecular weight is 148 g/mol. The van der Waals surface area contributed by atoms with Gasteiger partial charge in [-0.3, -0.25) is 0 Å². The lowest BCUT2D eigenvalue weighted by Crippen LogP contribution is -2.22. The fraction of sp³-hybridized carbons (Fsp3) is 0.250. The number of hydrogen-bond acceptors (Lipinski definition) is 1. The van der Waals surface area contributed by atoms with E-state index in [4.69, 9.17) is 0 Å². The Morgan fingerprint density at radius 1 is 1.45 bits per heavy atom. The first-order valence-corrected chi connectivity index (χ1v) is 3.58. The largest absolute Gasteiger partial charge is 0.270 e. The third kappa shape index (κ3) is 0.808. The third-order valence-electron chi connectivity index (χ3n) is 1.88. The first-order valence-electron chi connectivity index (χ1n) is 3.58. The van der Waals surface area contributed by atoms with Crippen LogP contribution in [0.25, 0.3) is 5.65 Å². The highest BCUT2D eigenvalue weighted by Crippen LogP contribution is 1.95. The summed E-state index contributed by atoms with van der Waals surface area (Å²) in [6, 6.07) is 6.14. The number of aromatic nitrogens is 3. The molecule has 0 unspecified atom stereocenters. The minimum absolute atomic E-state index is 1.12. The van der Waals surface area contributed by atoms with Crippen molar-refractivity contribution < 1.29 is 4.40 Å². The molecule has 3 heteroatoms. The van der Waals surface area contributed by atoms with Crippen molar-refractivity contribution in [3.8, 4) is 0 Å². The average Bonchev–Trinajstić information content (AvgIpc) is 2.35. The van der Waals surface area contributed by atoms with Gasteiger partial charge >= 0.3 is 0 Å². The van der Waals surface area contributed by atoms with Crippen molar-refractivity contribution in [3.63, 3.8) is 0 Å². The van der Waals surface area contributed by atoms with E-state index in [9.17, 15) is 0 Å². The summed E-state index contributed by atoms with van der Waals surface area (Å²) in [5.74, 6) is 0.